The van der Waals surface area contributed by atoms with Crippen LogP contribution in [0.2, 0.25) is 0 Å². The molecule has 0 saturated heterocycles. The van der Waals surface area contributed by atoms with E-state index < -0.39 is 7.12 Å². The molecule has 0 saturated carbocycles. The number of anilines is 3. The third-order valence-corrected chi connectivity index (χ3v) is 4.97. The molecule has 4 aromatic carbocycles. The highest BCUT2D eigenvalue weighted by atomic mass is 16.4. The molecule has 0 unspecified atom stereocenters. The van der Waals surface area contributed by atoms with Gasteiger partial charge < -0.3 is 14.9 Å². The highest BCUT2D eigenvalue weighted by molar-refractivity contribution is 6.58. The monoisotopic (exact) mass is 379 g/mol. The topological polar surface area (TPSA) is 43.7 Å². The van der Waals surface area contributed by atoms with Crippen molar-refractivity contribution in [2.75, 3.05) is 4.90 Å². The molecule has 0 atom stereocenters. The van der Waals surface area contributed by atoms with Crippen molar-refractivity contribution in [1.29, 1.82) is 0 Å². The van der Waals surface area contributed by atoms with Gasteiger partial charge >= 0.3 is 7.12 Å². The fourth-order valence-corrected chi connectivity index (χ4v) is 3.37. The summed E-state index contributed by atoms with van der Waals surface area (Å²) in [4.78, 5) is 2.15. The summed E-state index contributed by atoms with van der Waals surface area (Å²) in [6, 6.07) is 34.4. The number of hydrogen-bond acceptors (Lipinski definition) is 3. The van der Waals surface area contributed by atoms with Gasteiger partial charge in [0.1, 0.15) is 0 Å². The molecule has 0 aromatic heterocycles. The van der Waals surface area contributed by atoms with Gasteiger partial charge in [-0.15, -0.1) is 0 Å². The van der Waals surface area contributed by atoms with Crippen LogP contribution in [0.3, 0.4) is 0 Å². The highest BCUT2D eigenvalue weighted by Crippen LogP contribution is 2.35. The molecular formula is C25H22BNO2. The summed E-state index contributed by atoms with van der Waals surface area (Å²) >= 11 is 0. The molecule has 4 rings (SSSR count). The van der Waals surface area contributed by atoms with Gasteiger partial charge in [0.05, 0.1) is 0 Å². The van der Waals surface area contributed by atoms with Crippen molar-refractivity contribution >= 4 is 29.6 Å². The highest BCUT2D eigenvalue weighted by Gasteiger charge is 2.15. The average molecular weight is 379 g/mol. The zero-order valence-electron chi connectivity index (χ0n) is 16.2. The average Bonchev–Trinajstić information content (AvgIpc) is 2.77. The second-order valence-electron chi connectivity index (χ2n) is 7.05. The third-order valence-electron chi connectivity index (χ3n) is 4.97. The van der Waals surface area contributed by atoms with Crippen LogP contribution in [0.5, 0.6) is 0 Å². The second-order valence-corrected chi connectivity index (χ2v) is 7.05. The molecule has 0 spiro atoms. The Morgan fingerprint density at radius 2 is 1.00 bits per heavy atom. The molecule has 4 aromatic rings. The number of rotatable bonds is 5. The molecule has 0 aliphatic rings. The fourth-order valence-electron chi connectivity index (χ4n) is 3.37. The smallest absolute Gasteiger partial charge is 0.423 e. The first kappa shape index (κ1) is 19.0. The Bertz CT molecular complexity index is 1060. The van der Waals surface area contributed by atoms with Crippen molar-refractivity contribution in [2.45, 2.75) is 6.92 Å². The SMILES string of the molecule is Cc1ccc(N(c2ccc(B(O)O)cc2)c2ccc(-c3ccccc3)cc2)cc1. The summed E-state index contributed by atoms with van der Waals surface area (Å²) in [5.74, 6) is 0. The second kappa shape index (κ2) is 8.35. The predicted molar refractivity (Wildman–Crippen MR) is 121 cm³/mol. The summed E-state index contributed by atoms with van der Waals surface area (Å²) in [6.07, 6.45) is 0. The Morgan fingerprint density at radius 3 is 1.52 bits per heavy atom. The van der Waals surface area contributed by atoms with E-state index in [2.05, 4.69) is 72.5 Å². The van der Waals surface area contributed by atoms with E-state index in [0.29, 0.717) is 5.46 Å². The molecule has 0 amide bonds. The molecular weight excluding hydrogens is 357 g/mol. The quantitative estimate of drug-likeness (QED) is 0.489. The van der Waals surface area contributed by atoms with Crippen LogP contribution in [0.1, 0.15) is 5.56 Å². The number of benzene rings is 4. The van der Waals surface area contributed by atoms with Crippen LogP contribution in [-0.2, 0) is 0 Å². The molecule has 4 heteroatoms. The summed E-state index contributed by atoms with van der Waals surface area (Å²) < 4.78 is 0. The van der Waals surface area contributed by atoms with E-state index in [1.165, 1.54) is 11.1 Å². The van der Waals surface area contributed by atoms with Crippen molar-refractivity contribution in [3.8, 4) is 11.1 Å². The van der Waals surface area contributed by atoms with Gasteiger partial charge in [-0.05, 0) is 59.9 Å². The number of hydrogen-bond donors (Lipinski definition) is 2. The maximum atomic E-state index is 9.40. The van der Waals surface area contributed by atoms with Crippen LogP contribution in [0.25, 0.3) is 11.1 Å². The maximum absolute atomic E-state index is 9.40. The van der Waals surface area contributed by atoms with Gasteiger partial charge in [-0.25, -0.2) is 0 Å². The summed E-state index contributed by atoms with van der Waals surface area (Å²) in [7, 11) is -1.47. The summed E-state index contributed by atoms with van der Waals surface area (Å²) in [5, 5.41) is 18.8. The van der Waals surface area contributed by atoms with Crippen molar-refractivity contribution < 1.29 is 10.0 Å². The zero-order chi connectivity index (χ0) is 20.2. The third kappa shape index (κ3) is 4.24. The summed E-state index contributed by atoms with van der Waals surface area (Å²) in [6.45, 7) is 2.07. The molecule has 3 nitrogen and oxygen atoms in total. The standard InChI is InChI=1S/C25H22BNO2/c1-19-7-13-23(14-8-19)27(25-17-11-22(12-18-25)26(28)29)24-15-9-21(10-16-24)20-5-3-2-4-6-20/h2-18,28-29H,1H3. The lowest BCUT2D eigenvalue weighted by atomic mass is 9.80. The van der Waals surface area contributed by atoms with Crippen LogP contribution in [0.4, 0.5) is 17.1 Å². The largest absolute Gasteiger partial charge is 0.488 e. The van der Waals surface area contributed by atoms with E-state index in [1.807, 2.05) is 30.3 Å². The number of aryl methyl sites for hydroxylation is 1. The minimum absolute atomic E-state index is 0.469. The van der Waals surface area contributed by atoms with Gasteiger partial charge in [0.25, 0.3) is 0 Å². The molecule has 2 N–H and O–H groups in total. The van der Waals surface area contributed by atoms with Gasteiger partial charge in [-0.3, -0.25) is 0 Å². The molecule has 0 aliphatic heterocycles. The van der Waals surface area contributed by atoms with E-state index in [1.54, 1.807) is 12.1 Å². The van der Waals surface area contributed by atoms with Crippen LogP contribution in [0, 0.1) is 6.92 Å². The van der Waals surface area contributed by atoms with Gasteiger partial charge in [-0.2, -0.15) is 0 Å². The zero-order valence-corrected chi connectivity index (χ0v) is 16.2. The first-order valence-corrected chi connectivity index (χ1v) is 9.60. The maximum Gasteiger partial charge on any atom is 0.488 e. The lowest BCUT2D eigenvalue weighted by molar-refractivity contribution is 0.426. The molecule has 0 aliphatic carbocycles. The van der Waals surface area contributed by atoms with Crippen LogP contribution in [-0.4, -0.2) is 17.2 Å². The van der Waals surface area contributed by atoms with Crippen molar-refractivity contribution in [3.05, 3.63) is 109 Å². The Kier molecular flexibility index (Phi) is 5.47. The molecule has 29 heavy (non-hydrogen) atoms. The molecule has 0 bridgehead atoms. The molecule has 0 fully saturated rings. The minimum Gasteiger partial charge on any atom is -0.423 e. The van der Waals surface area contributed by atoms with Crippen molar-refractivity contribution in [2.24, 2.45) is 0 Å². The van der Waals surface area contributed by atoms with E-state index in [0.717, 1.165) is 22.6 Å². The van der Waals surface area contributed by atoms with E-state index in [4.69, 9.17) is 0 Å². The molecule has 142 valence electrons. The Labute approximate surface area is 171 Å². The van der Waals surface area contributed by atoms with Gasteiger partial charge in [0, 0.05) is 17.1 Å². The Balaban J connectivity index is 1.75. The minimum atomic E-state index is -1.47. The van der Waals surface area contributed by atoms with Gasteiger partial charge in [0.15, 0.2) is 0 Å². The number of nitrogens with zero attached hydrogens (tertiary/aromatic N) is 1. The molecule has 0 heterocycles. The van der Waals surface area contributed by atoms with E-state index in [-0.39, 0.29) is 0 Å². The van der Waals surface area contributed by atoms with Crippen molar-refractivity contribution in [1.82, 2.24) is 0 Å². The lowest BCUT2D eigenvalue weighted by Gasteiger charge is -2.26. The van der Waals surface area contributed by atoms with Gasteiger partial charge in [0.2, 0.25) is 0 Å². The first-order chi connectivity index (χ1) is 14.1. The van der Waals surface area contributed by atoms with Crippen LogP contribution >= 0.6 is 0 Å². The van der Waals surface area contributed by atoms with Gasteiger partial charge in [-0.1, -0.05) is 72.3 Å². The Morgan fingerprint density at radius 1 is 0.552 bits per heavy atom. The van der Waals surface area contributed by atoms with E-state index in [9.17, 15) is 10.0 Å². The van der Waals surface area contributed by atoms with Crippen molar-refractivity contribution in [3.63, 3.8) is 0 Å². The normalized spacial score (nSPS) is 10.6. The van der Waals surface area contributed by atoms with E-state index >= 15 is 0 Å². The fraction of sp³-hybridized carbons (Fsp3) is 0.0400. The molecule has 0 radical (unpaired) electrons. The predicted octanol–water partition coefficient (Wildman–Crippen LogP) is 4.81. The van der Waals surface area contributed by atoms with Crippen LogP contribution in [0.15, 0.2) is 103 Å². The summed E-state index contributed by atoms with van der Waals surface area (Å²) in [5.41, 5.74) is 7.04. The first-order valence-electron chi connectivity index (χ1n) is 9.60. The Hall–Kier alpha value is -3.34. The lowest BCUT2D eigenvalue weighted by Crippen LogP contribution is -2.29. The van der Waals surface area contributed by atoms with Crippen LogP contribution < -0.4 is 10.4 Å².